The van der Waals surface area contributed by atoms with Crippen LogP contribution in [0.1, 0.15) is 19.8 Å². The molecule has 0 bridgehead atoms. The highest BCUT2D eigenvalue weighted by atomic mass is 19.3. The number of aliphatic carboxylic acids is 1. The van der Waals surface area contributed by atoms with Crippen LogP contribution in [0.2, 0.25) is 0 Å². The quantitative estimate of drug-likeness (QED) is 0.667. The summed E-state index contributed by atoms with van der Waals surface area (Å²) in [6, 6.07) is 0. The van der Waals surface area contributed by atoms with E-state index < -0.39 is 30.7 Å². The normalized spacial score (nSPS) is 11.0. The maximum absolute atomic E-state index is 12.3. The second kappa shape index (κ2) is 4.74. The van der Waals surface area contributed by atoms with Crippen LogP contribution < -0.4 is 0 Å². The largest absolute Gasteiger partial charge is 0.477 e. The first-order chi connectivity index (χ1) is 5.90. The molecule has 0 atom stereocenters. The molecule has 0 rings (SSSR count). The maximum atomic E-state index is 12.3. The molecule has 6 heteroatoms. The van der Waals surface area contributed by atoms with Crippen molar-refractivity contribution in [2.75, 3.05) is 6.61 Å². The standard InChI is InChI=1S/C7H10F2O4/c1-2-13-5(10)3-4-7(8,9)6(11)12/h2-4H2,1H3,(H,11,12). The molecule has 0 aromatic heterocycles. The average Bonchev–Trinajstić information content (AvgIpc) is 2.01. The van der Waals surface area contributed by atoms with E-state index in [4.69, 9.17) is 5.11 Å². The van der Waals surface area contributed by atoms with E-state index in [1.807, 2.05) is 0 Å². The molecule has 0 aromatic rings. The Morgan fingerprint density at radius 2 is 2.00 bits per heavy atom. The first-order valence-electron chi connectivity index (χ1n) is 3.67. The summed E-state index contributed by atoms with van der Waals surface area (Å²) in [7, 11) is 0. The predicted molar refractivity (Wildman–Crippen MR) is 38.4 cm³/mol. The Morgan fingerprint density at radius 1 is 1.46 bits per heavy atom. The van der Waals surface area contributed by atoms with Gasteiger partial charge in [-0.1, -0.05) is 0 Å². The smallest absolute Gasteiger partial charge is 0.374 e. The molecule has 0 aliphatic rings. The van der Waals surface area contributed by atoms with Crippen LogP contribution in [0.3, 0.4) is 0 Å². The summed E-state index contributed by atoms with van der Waals surface area (Å²) in [6.07, 6.45) is -1.62. The lowest BCUT2D eigenvalue weighted by Gasteiger charge is -2.09. The fraction of sp³-hybridized carbons (Fsp3) is 0.714. The molecule has 0 saturated heterocycles. The molecule has 13 heavy (non-hydrogen) atoms. The highest BCUT2D eigenvalue weighted by molar-refractivity contribution is 5.77. The van der Waals surface area contributed by atoms with Gasteiger partial charge in [0, 0.05) is 6.42 Å². The Labute approximate surface area is 73.5 Å². The van der Waals surface area contributed by atoms with Crippen molar-refractivity contribution < 1.29 is 28.2 Å². The van der Waals surface area contributed by atoms with Crippen LogP contribution in [0.25, 0.3) is 0 Å². The number of carboxylic acid groups (broad SMARTS) is 1. The van der Waals surface area contributed by atoms with Crippen molar-refractivity contribution in [3.63, 3.8) is 0 Å². The number of halogens is 2. The molecule has 0 saturated carbocycles. The van der Waals surface area contributed by atoms with E-state index in [0.29, 0.717) is 0 Å². The Hall–Kier alpha value is -1.20. The van der Waals surface area contributed by atoms with E-state index in [9.17, 15) is 18.4 Å². The summed E-state index contributed by atoms with van der Waals surface area (Å²) in [6.45, 7) is 1.63. The van der Waals surface area contributed by atoms with Gasteiger partial charge in [0.2, 0.25) is 0 Å². The number of carbonyl (C=O) groups excluding carboxylic acids is 1. The van der Waals surface area contributed by atoms with E-state index in [2.05, 4.69) is 4.74 Å². The third kappa shape index (κ3) is 4.39. The molecule has 0 aliphatic heterocycles. The van der Waals surface area contributed by atoms with Crippen molar-refractivity contribution in [2.45, 2.75) is 25.7 Å². The van der Waals surface area contributed by atoms with Crippen LogP contribution in [0.4, 0.5) is 8.78 Å². The van der Waals surface area contributed by atoms with E-state index >= 15 is 0 Å². The molecule has 0 fully saturated rings. The van der Waals surface area contributed by atoms with Crippen LogP contribution in [0.5, 0.6) is 0 Å². The second-order valence-corrected chi connectivity index (χ2v) is 2.31. The van der Waals surface area contributed by atoms with Crippen LogP contribution in [0, 0.1) is 0 Å². The third-order valence-electron chi connectivity index (χ3n) is 1.26. The molecule has 1 N–H and O–H groups in total. The summed E-state index contributed by atoms with van der Waals surface area (Å²) >= 11 is 0. The van der Waals surface area contributed by atoms with Gasteiger partial charge < -0.3 is 9.84 Å². The number of esters is 1. The Balaban J connectivity index is 3.88. The molecular weight excluding hydrogens is 186 g/mol. The third-order valence-corrected chi connectivity index (χ3v) is 1.26. The lowest BCUT2D eigenvalue weighted by molar-refractivity contribution is -0.167. The number of ether oxygens (including phenoxy) is 1. The molecule has 4 nitrogen and oxygen atoms in total. The van der Waals surface area contributed by atoms with Crippen molar-refractivity contribution in [2.24, 2.45) is 0 Å². The van der Waals surface area contributed by atoms with Gasteiger partial charge in [-0.2, -0.15) is 8.78 Å². The Kier molecular flexibility index (Phi) is 4.30. The molecule has 0 aliphatic carbocycles. The van der Waals surface area contributed by atoms with Crippen molar-refractivity contribution in [3.05, 3.63) is 0 Å². The van der Waals surface area contributed by atoms with Gasteiger partial charge in [-0.15, -0.1) is 0 Å². The molecule has 0 unspecified atom stereocenters. The zero-order valence-electron chi connectivity index (χ0n) is 7.05. The number of rotatable bonds is 5. The second-order valence-electron chi connectivity index (χ2n) is 2.31. The van der Waals surface area contributed by atoms with E-state index in [1.54, 1.807) is 0 Å². The van der Waals surface area contributed by atoms with Crippen LogP contribution >= 0.6 is 0 Å². The average molecular weight is 196 g/mol. The highest BCUT2D eigenvalue weighted by Crippen LogP contribution is 2.20. The SMILES string of the molecule is CCOC(=O)CCC(F)(F)C(=O)O. The minimum absolute atomic E-state index is 0.0947. The molecule has 0 radical (unpaired) electrons. The number of carboxylic acids is 1. The van der Waals surface area contributed by atoms with Crippen molar-refractivity contribution >= 4 is 11.9 Å². The lowest BCUT2D eigenvalue weighted by Crippen LogP contribution is -2.29. The van der Waals surface area contributed by atoms with Gasteiger partial charge in [-0.25, -0.2) is 4.79 Å². The number of hydrogen-bond acceptors (Lipinski definition) is 3. The topological polar surface area (TPSA) is 63.6 Å². The van der Waals surface area contributed by atoms with Gasteiger partial charge >= 0.3 is 17.9 Å². The Bertz CT molecular complexity index is 203. The van der Waals surface area contributed by atoms with Crippen LogP contribution in [0.15, 0.2) is 0 Å². The number of hydrogen-bond donors (Lipinski definition) is 1. The Morgan fingerprint density at radius 3 is 2.38 bits per heavy atom. The zero-order chi connectivity index (χ0) is 10.5. The first-order valence-corrected chi connectivity index (χ1v) is 3.67. The van der Waals surface area contributed by atoms with Gasteiger partial charge in [0.25, 0.3) is 0 Å². The fourth-order valence-electron chi connectivity index (χ4n) is 0.599. The molecule has 76 valence electrons. The first kappa shape index (κ1) is 11.8. The van der Waals surface area contributed by atoms with Gasteiger partial charge in [0.05, 0.1) is 13.0 Å². The minimum Gasteiger partial charge on any atom is -0.477 e. The summed E-state index contributed by atoms with van der Waals surface area (Å²) in [5.41, 5.74) is 0. The predicted octanol–water partition coefficient (Wildman–Crippen LogP) is 1.05. The van der Waals surface area contributed by atoms with E-state index in [1.165, 1.54) is 6.92 Å². The summed E-state index contributed by atoms with van der Waals surface area (Å²) in [5, 5.41) is 7.98. The van der Waals surface area contributed by atoms with Crippen molar-refractivity contribution in [3.8, 4) is 0 Å². The number of alkyl halides is 2. The van der Waals surface area contributed by atoms with Crippen LogP contribution in [-0.4, -0.2) is 29.6 Å². The van der Waals surface area contributed by atoms with Gasteiger partial charge in [0.1, 0.15) is 0 Å². The molecular formula is C7H10F2O4. The van der Waals surface area contributed by atoms with Gasteiger partial charge in [0.15, 0.2) is 0 Å². The minimum atomic E-state index is -3.85. The lowest BCUT2D eigenvalue weighted by atomic mass is 10.2. The summed E-state index contributed by atoms with van der Waals surface area (Å²) in [4.78, 5) is 20.5. The highest BCUT2D eigenvalue weighted by Gasteiger charge is 2.38. The van der Waals surface area contributed by atoms with E-state index in [-0.39, 0.29) is 6.61 Å². The summed E-state index contributed by atoms with van der Waals surface area (Å²) < 4.78 is 29.0. The molecule has 0 heterocycles. The van der Waals surface area contributed by atoms with Gasteiger partial charge in [-0.05, 0) is 6.92 Å². The monoisotopic (exact) mass is 196 g/mol. The van der Waals surface area contributed by atoms with Crippen LogP contribution in [-0.2, 0) is 14.3 Å². The van der Waals surface area contributed by atoms with Crippen molar-refractivity contribution in [1.29, 1.82) is 0 Å². The molecule has 0 aromatic carbocycles. The fourth-order valence-corrected chi connectivity index (χ4v) is 0.599. The summed E-state index contributed by atoms with van der Waals surface area (Å²) in [5.74, 6) is -6.90. The number of carbonyl (C=O) groups is 2. The maximum Gasteiger partial charge on any atom is 0.374 e. The van der Waals surface area contributed by atoms with Crippen molar-refractivity contribution in [1.82, 2.24) is 0 Å². The molecule has 0 spiro atoms. The zero-order valence-corrected chi connectivity index (χ0v) is 7.05. The van der Waals surface area contributed by atoms with E-state index in [0.717, 1.165) is 0 Å². The van der Waals surface area contributed by atoms with Gasteiger partial charge in [-0.3, -0.25) is 4.79 Å². The molecule has 0 amide bonds.